The Bertz CT molecular complexity index is 2490. The second-order valence-corrected chi connectivity index (χ2v) is 18.5. The number of carboxylic acid groups (broad SMARTS) is 3. The molecule has 74 heavy (non-hydrogen) atoms. The number of nitrogens with one attached hydrogen (secondary N) is 6. The maximum Gasteiger partial charge on any atom is 0.374 e. The molecule has 6 atom stereocenters. The van der Waals surface area contributed by atoms with E-state index in [1.54, 1.807) is 121 Å². The van der Waals surface area contributed by atoms with Crippen LogP contribution in [0.1, 0.15) is 98.8 Å². The van der Waals surface area contributed by atoms with Crippen LogP contribution in [0.25, 0.3) is 0 Å². The van der Waals surface area contributed by atoms with Gasteiger partial charge < -0.3 is 47.2 Å². The summed E-state index contributed by atoms with van der Waals surface area (Å²) < 4.78 is 0. The standard InChI is InChI=1S/C54H62N6O13S/c1-32(61)55-40(30-43(64)65)51(69)59-47(45(36-23-13-5-14-24-36)37-25-15-6-16-26-37)53(71)60-46(44(34-19-9-3-10-20-34)35-21-11-4-12-22-35)52(70)56-38(27-28-42(62)63)49(67)57-39(29-33-17-7-2-8-18-33)50(68)58-41(31-74)48(66)54(72)73/h3-6,9-16,19-26,33,38-41,44-47,74H,2,7-8,17-18,27-31H2,1H3,(H,55,61)(H,56,70)(H,57,67)(H,58,68)(H,59,69)(H,60,71)(H,62,63)(H,64,65)(H,72,73)/t38-,39-,40-,41-,46-,47+/m0/s1. The SMILES string of the molecule is CC(=O)N[C@@H](CC(=O)O)C(=O)N[C@@H](C(=O)N[C@H](C(=O)N[C@@H](CCC(=O)O)C(=O)N[C@@H](CC1CCCCC1)C(=O)N[C@@H](CS)C(=O)C(=O)O)C(c1ccccc1)c1ccccc1)C(c1ccccc1)c1ccccc1. The molecule has 1 aliphatic rings. The first-order valence-electron chi connectivity index (χ1n) is 24.3. The van der Waals surface area contributed by atoms with E-state index in [4.69, 9.17) is 0 Å². The van der Waals surface area contributed by atoms with Crippen molar-refractivity contribution in [3.8, 4) is 0 Å². The number of benzene rings is 4. The summed E-state index contributed by atoms with van der Waals surface area (Å²) in [5.74, 6) is -14.0. The molecule has 0 spiro atoms. The average molecular weight is 1040 g/mol. The van der Waals surface area contributed by atoms with Crippen LogP contribution in [-0.2, 0) is 47.9 Å². The molecule has 4 aromatic rings. The summed E-state index contributed by atoms with van der Waals surface area (Å²) in [6, 6.07) is 24.7. The molecule has 0 bridgehead atoms. The second-order valence-electron chi connectivity index (χ2n) is 18.1. The Kier molecular flexibility index (Phi) is 21.9. The first-order chi connectivity index (χ1) is 35.5. The number of amides is 6. The minimum absolute atomic E-state index is 0.0624. The number of hydrogen-bond acceptors (Lipinski definition) is 11. The van der Waals surface area contributed by atoms with E-state index in [1.165, 1.54) is 0 Å². The molecule has 1 fully saturated rings. The third-order valence-electron chi connectivity index (χ3n) is 12.8. The van der Waals surface area contributed by atoms with E-state index in [-0.39, 0.29) is 18.1 Å². The fourth-order valence-corrected chi connectivity index (χ4v) is 9.45. The quantitative estimate of drug-likeness (QED) is 0.0303. The number of ketones is 1. The Morgan fingerprint density at radius 3 is 1.28 bits per heavy atom. The molecule has 0 aliphatic heterocycles. The molecule has 0 heterocycles. The number of carbonyl (C=O) groups is 10. The highest BCUT2D eigenvalue weighted by molar-refractivity contribution is 7.80. The van der Waals surface area contributed by atoms with Gasteiger partial charge in [-0.25, -0.2) is 4.79 Å². The number of Topliss-reactive ketones (excluding diaryl/α,β-unsaturated/α-hetero) is 1. The van der Waals surface area contributed by atoms with Crippen molar-refractivity contribution in [3.63, 3.8) is 0 Å². The highest BCUT2D eigenvalue weighted by Gasteiger charge is 2.41. The van der Waals surface area contributed by atoms with Crippen LogP contribution in [0.15, 0.2) is 121 Å². The highest BCUT2D eigenvalue weighted by atomic mass is 32.1. The Morgan fingerprint density at radius 1 is 0.486 bits per heavy atom. The molecule has 0 unspecified atom stereocenters. The van der Waals surface area contributed by atoms with Crippen LogP contribution in [0.3, 0.4) is 0 Å². The molecular formula is C54H62N6O13S. The van der Waals surface area contributed by atoms with E-state index in [0.29, 0.717) is 35.1 Å². The number of rotatable bonds is 27. The summed E-state index contributed by atoms with van der Waals surface area (Å²) in [6.45, 7) is 1.10. The van der Waals surface area contributed by atoms with Gasteiger partial charge in [0.25, 0.3) is 5.78 Å². The molecule has 5 rings (SSSR count). The van der Waals surface area contributed by atoms with Gasteiger partial charge in [-0.2, -0.15) is 12.6 Å². The van der Waals surface area contributed by atoms with Gasteiger partial charge in [-0.15, -0.1) is 0 Å². The Hall–Kier alpha value is -7.87. The van der Waals surface area contributed by atoms with Crippen molar-refractivity contribution in [2.75, 3.05) is 5.75 Å². The number of carbonyl (C=O) groups excluding carboxylic acids is 7. The van der Waals surface area contributed by atoms with E-state index in [2.05, 4.69) is 44.5 Å². The summed E-state index contributed by atoms with van der Waals surface area (Å²) in [4.78, 5) is 134. The summed E-state index contributed by atoms with van der Waals surface area (Å²) >= 11 is 4.06. The zero-order chi connectivity index (χ0) is 53.7. The van der Waals surface area contributed by atoms with E-state index >= 15 is 9.59 Å². The number of hydrogen-bond donors (Lipinski definition) is 10. The van der Waals surface area contributed by atoms with Crippen molar-refractivity contribution in [1.82, 2.24) is 31.9 Å². The van der Waals surface area contributed by atoms with E-state index < -0.39 is 126 Å². The third kappa shape index (κ3) is 16.9. The van der Waals surface area contributed by atoms with Gasteiger partial charge in [0.1, 0.15) is 36.3 Å². The molecule has 1 saturated carbocycles. The lowest BCUT2D eigenvalue weighted by atomic mass is 9.82. The number of aliphatic carboxylic acids is 3. The topological polar surface area (TPSA) is 304 Å². The first kappa shape index (κ1) is 57.0. The predicted octanol–water partition coefficient (Wildman–Crippen LogP) is 3.47. The van der Waals surface area contributed by atoms with Gasteiger partial charge in [0.2, 0.25) is 35.4 Å². The Balaban J connectivity index is 1.62. The maximum absolute atomic E-state index is 15.5. The van der Waals surface area contributed by atoms with Crippen LogP contribution in [-0.4, -0.2) is 116 Å². The summed E-state index contributed by atoms with van der Waals surface area (Å²) in [6.07, 6.45) is 2.10. The van der Waals surface area contributed by atoms with Crippen molar-refractivity contribution in [1.29, 1.82) is 0 Å². The minimum atomic E-state index is -1.81. The molecular weight excluding hydrogens is 973 g/mol. The fourth-order valence-electron chi connectivity index (χ4n) is 9.20. The van der Waals surface area contributed by atoms with Gasteiger partial charge in [-0.05, 0) is 41.0 Å². The summed E-state index contributed by atoms with van der Waals surface area (Å²) in [7, 11) is 0. The lowest BCUT2D eigenvalue weighted by Gasteiger charge is -2.34. The molecule has 392 valence electrons. The van der Waals surface area contributed by atoms with Crippen LogP contribution >= 0.6 is 12.6 Å². The normalized spacial score (nSPS) is 14.9. The van der Waals surface area contributed by atoms with Crippen molar-refractivity contribution in [2.24, 2.45) is 5.92 Å². The lowest BCUT2D eigenvalue weighted by molar-refractivity contribution is -0.150. The average Bonchev–Trinajstić information content (AvgIpc) is 3.39. The van der Waals surface area contributed by atoms with Gasteiger partial charge >= 0.3 is 17.9 Å². The van der Waals surface area contributed by atoms with Crippen molar-refractivity contribution >= 4 is 71.8 Å². The smallest absolute Gasteiger partial charge is 0.374 e. The first-order valence-corrected chi connectivity index (χ1v) is 24.9. The number of carboxylic acids is 3. The van der Waals surface area contributed by atoms with Crippen LogP contribution in [0.4, 0.5) is 0 Å². The summed E-state index contributed by atoms with van der Waals surface area (Å²) in [5.41, 5.74) is 2.03. The molecule has 4 aromatic carbocycles. The molecule has 6 amide bonds. The Morgan fingerprint density at radius 2 is 0.878 bits per heavy atom. The predicted molar refractivity (Wildman–Crippen MR) is 274 cm³/mol. The third-order valence-corrected chi connectivity index (χ3v) is 13.1. The van der Waals surface area contributed by atoms with Gasteiger partial charge in [0.15, 0.2) is 0 Å². The van der Waals surface area contributed by atoms with E-state index in [9.17, 15) is 53.7 Å². The van der Waals surface area contributed by atoms with E-state index in [0.717, 1.165) is 26.2 Å². The molecule has 20 heteroatoms. The summed E-state index contributed by atoms with van der Waals surface area (Å²) in [5, 5.41) is 44.6. The largest absolute Gasteiger partial charge is 0.481 e. The monoisotopic (exact) mass is 1030 g/mol. The second kappa shape index (κ2) is 28.4. The lowest BCUT2D eigenvalue weighted by Crippen LogP contribution is -2.61. The zero-order valence-corrected chi connectivity index (χ0v) is 41.6. The van der Waals surface area contributed by atoms with Crippen LogP contribution in [0.5, 0.6) is 0 Å². The fraction of sp³-hybridized carbons (Fsp3) is 0.370. The van der Waals surface area contributed by atoms with Gasteiger partial charge in [0, 0.05) is 30.9 Å². The molecule has 19 nitrogen and oxygen atoms in total. The molecule has 1 aliphatic carbocycles. The van der Waals surface area contributed by atoms with Crippen molar-refractivity contribution in [2.45, 2.75) is 113 Å². The maximum atomic E-state index is 15.5. The zero-order valence-electron chi connectivity index (χ0n) is 40.7. The Labute approximate surface area is 433 Å². The van der Waals surface area contributed by atoms with Gasteiger partial charge in [-0.1, -0.05) is 153 Å². The van der Waals surface area contributed by atoms with Gasteiger partial charge in [-0.3, -0.25) is 43.2 Å². The van der Waals surface area contributed by atoms with Crippen LogP contribution in [0.2, 0.25) is 0 Å². The molecule has 9 N–H and O–H groups in total. The van der Waals surface area contributed by atoms with Crippen molar-refractivity contribution in [3.05, 3.63) is 144 Å². The highest BCUT2D eigenvalue weighted by Crippen LogP contribution is 2.32. The van der Waals surface area contributed by atoms with Crippen molar-refractivity contribution < 1.29 is 63.3 Å². The molecule has 0 saturated heterocycles. The minimum Gasteiger partial charge on any atom is -0.481 e. The van der Waals surface area contributed by atoms with Crippen LogP contribution in [0, 0.1) is 5.92 Å². The van der Waals surface area contributed by atoms with Crippen LogP contribution < -0.4 is 31.9 Å². The molecule has 0 aromatic heterocycles. The van der Waals surface area contributed by atoms with E-state index in [1.807, 2.05) is 0 Å². The molecule has 0 radical (unpaired) electrons. The number of thiol groups is 1. The van der Waals surface area contributed by atoms with Gasteiger partial charge in [0.05, 0.1) is 6.42 Å².